The van der Waals surface area contributed by atoms with Gasteiger partial charge in [-0.15, -0.1) is 0 Å². The molecule has 3 rings (SSSR count). The second-order valence-electron chi connectivity index (χ2n) is 9.24. The van der Waals surface area contributed by atoms with Gasteiger partial charge < -0.3 is 47.0 Å². The summed E-state index contributed by atoms with van der Waals surface area (Å²) in [6, 6.07) is 1.44. The second kappa shape index (κ2) is 13.3. The Kier molecular flexibility index (Phi) is 9.94. The Hall–Kier alpha value is -4.76. The molecule has 0 aliphatic rings. The van der Waals surface area contributed by atoms with Crippen molar-refractivity contribution in [2.24, 2.45) is 5.73 Å². The summed E-state index contributed by atoms with van der Waals surface area (Å²) in [6.45, 7) is 1.22. The van der Waals surface area contributed by atoms with Crippen molar-refractivity contribution in [2.45, 2.75) is 56.5 Å². The average molecular weight is 558 g/mol. The monoisotopic (exact) mass is 557 g/mol. The number of aliphatic carboxylic acids is 2. The number of H-pyrrole nitrogens is 2. The topological polar surface area (TPSA) is 253 Å². The van der Waals surface area contributed by atoms with Gasteiger partial charge in [-0.3, -0.25) is 19.2 Å². The maximum atomic E-state index is 13.4. The molecule has 3 aromatic rings. The third-order valence-corrected chi connectivity index (χ3v) is 6.12. The van der Waals surface area contributed by atoms with Crippen molar-refractivity contribution in [3.05, 3.63) is 54.2 Å². The first-order chi connectivity index (χ1) is 19.0. The molecule has 15 nitrogen and oxygen atoms in total. The van der Waals surface area contributed by atoms with Gasteiger partial charge >= 0.3 is 11.9 Å². The predicted molar refractivity (Wildman–Crippen MR) is 140 cm³/mol. The number of carbonyl (C=O) groups is 5. The van der Waals surface area contributed by atoms with E-state index in [1.54, 1.807) is 18.3 Å². The molecule has 0 radical (unpaired) electrons. The van der Waals surface area contributed by atoms with Crippen molar-refractivity contribution < 1.29 is 39.3 Å². The summed E-state index contributed by atoms with van der Waals surface area (Å²) < 4.78 is 0. The van der Waals surface area contributed by atoms with E-state index in [1.807, 2.05) is 12.1 Å². The molecule has 0 saturated heterocycles. The molecule has 2 aromatic heterocycles. The highest BCUT2D eigenvalue weighted by molar-refractivity contribution is 5.95. The van der Waals surface area contributed by atoms with Crippen LogP contribution in [0, 0.1) is 0 Å². The van der Waals surface area contributed by atoms with Crippen LogP contribution in [0.4, 0.5) is 0 Å². The van der Waals surface area contributed by atoms with Crippen molar-refractivity contribution in [1.29, 1.82) is 0 Å². The number of nitrogens with zero attached hydrogens (tertiary/aromatic N) is 1. The zero-order valence-electron chi connectivity index (χ0n) is 21.5. The number of aromatic amines is 2. The van der Waals surface area contributed by atoms with E-state index in [9.17, 15) is 34.2 Å². The van der Waals surface area contributed by atoms with Crippen LogP contribution in [0.3, 0.4) is 0 Å². The second-order valence-corrected chi connectivity index (χ2v) is 9.24. The Balaban J connectivity index is 1.84. The number of nitrogens with two attached hydrogens (primary N) is 1. The number of benzene rings is 1. The minimum Gasteiger partial charge on any atom is -0.481 e. The number of carbonyl (C=O) groups excluding carboxylic acids is 3. The third-order valence-electron chi connectivity index (χ3n) is 6.12. The van der Waals surface area contributed by atoms with Gasteiger partial charge in [-0.2, -0.15) is 0 Å². The normalized spacial score (nSPS) is 14.9. The molecule has 0 fully saturated rings. The maximum Gasteiger partial charge on any atom is 0.326 e. The number of para-hydroxylation sites is 1. The fourth-order valence-corrected chi connectivity index (χ4v) is 4.03. The Morgan fingerprint density at radius 3 is 2.27 bits per heavy atom. The molecule has 5 atom stereocenters. The molecule has 3 amide bonds. The van der Waals surface area contributed by atoms with Gasteiger partial charge in [0.2, 0.25) is 17.7 Å². The molecular weight excluding hydrogens is 526 g/mol. The Morgan fingerprint density at radius 1 is 0.950 bits per heavy atom. The molecular formula is C25H31N7O8. The number of carboxylic acids is 2. The van der Waals surface area contributed by atoms with Gasteiger partial charge in [-0.1, -0.05) is 18.2 Å². The van der Waals surface area contributed by atoms with Gasteiger partial charge in [0.1, 0.15) is 18.1 Å². The van der Waals surface area contributed by atoms with E-state index < -0.39 is 66.4 Å². The number of aliphatic hydroxyl groups is 1. The largest absolute Gasteiger partial charge is 0.481 e. The molecule has 0 spiro atoms. The molecule has 0 bridgehead atoms. The van der Waals surface area contributed by atoms with E-state index in [2.05, 4.69) is 30.9 Å². The molecule has 0 aliphatic heterocycles. The van der Waals surface area contributed by atoms with Gasteiger partial charge in [0, 0.05) is 41.8 Å². The fraction of sp³-hybridized carbons (Fsp3) is 0.360. The summed E-state index contributed by atoms with van der Waals surface area (Å²) in [5.74, 6) is -5.44. The van der Waals surface area contributed by atoms with Crippen LogP contribution >= 0.6 is 0 Å². The van der Waals surface area contributed by atoms with Crippen molar-refractivity contribution in [3.8, 4) is 0 Å². The minimum atomic E-state index is -1.59. The summed E-state index contributed by atoms with van der Waals surface area (Å²) in [4.78, 5) is 71.3. The third kappa shape index (κ3) is 7.87. The average Bonchev–Trinajstić information content (AvgIpc) is 3.55. The van der Waals surface area contributed by atoms with E-state index in [-0.39, 0.29) is 12.8 Å². The van der Waals surface area contributed by atoms with Crippen LogP contribution in [0.2, 0.25) is 0 Å². The van der Waals surface area contributed by atoms with Gasteiger partial charge in [0.15, 0.2) is 0 Å². The molecule has 5 unspecified atom stereocenters. The number of aromatic nitrogens is 3. The number of hydrogen-bond acceptors (Lipinski definition) is 8. The lowest BCUT2D eigenvalue weighted by Crippen LogP contribution is -2.60. The standard InChI is InChI=1S/C25H31N7O8/c1-12(33)21(32-22(36)16(26)8-20(34)35)24(38)30-18(6-13-9-28-17-5-3-2-4-15(13)17)23(37)31-19(25(39)40)7-14-10-27-11-29-14/h2-5,9-12,16,18-19,21,28,33H,6-8,26H2,1H3,(H,27,29)(H,30,38)(H,31,37)(H,32,36)(H,34,35)(H,39,40). The van der Waals surface area contributed by atoms with Crippen LogP contribution in [-0.2, 0) is 36.8 Å². The molecule has 40 heavy (non-hydrogen) atoms. The Bertz CT molecular complexity index is 1350. The zero-order valence-corrected chi connectivity index (χ0v) is 21.5. The summed E-state index contributed by atoms with van der Waals surface area (Å²) in [7, 11) is 0. The summed E-state index contributed by atoms with van der Waals surface area (Å²) in [6.07, 6.45) is 2.08. The smallest absolute Gasteiger partial charge is 0.326 e. The first-order valence-electron chi connectivity index (χ1n) is 12.3. The number of fused-ring (bicyclic) bond motifs is 1. The quantitative estimate of drug-likeness (QED) is 0.110. The molecule has 0 aliphatic carbocycles. The number of imidazole rings is 1. The van der Waals surface area contributed by atoms with E-state index in [0.717, 1.165) is 10.9 Å². The van der Waals surface area contributed by atoms with E-state index in [0.29, 0.717) is 11.3 Å². The van der Waals surface area contributed by atoms with Crippen LogP contribution in [0.1, 0.15) is 24.6 Å². The van der Waals surface area contributed by atoms with Gasteiger partial charge in [0.25, 0.3) is 0 Å². The van der Waals surface area contributed by atoms with Crippen LogP contribution < -0.4 is 21.7 Å². The highest BCUT2D eigenvalue weighted by Crippen LogP contribution is 2.19. The predicted octanol–water partition coefficient (Wildman–Crippen LogP) is -1.60. The Labute approximate surface area is 227 Å². The summed E-state index contributed by atoms with van der Waals surface area (Å²) >= 11 is 0. The number of nitrogens with one attached hydrogen (secondary N) is 5. The lowest BCUT2D eigenvalue weighted by atomic mass is 10.0. The first kappa shape index (κ1) is 29.8. The lowest BCUT2D eigenvalue weighted by molar-refractivity contribution is -0.142. The van der Waals surface area contributed by atoms with Crippen molar-refractivity contribution in [2.75, 3.05) is 0 Å². The minimum absolute atomic E-state index is 0.0724. The van der Waals surface area contributed by atoms with Crippen LogP contribution in [-0.4, -0.2) is 90.2 Å². The van der Waals surface area contributed by atoms with E-state index in [1.165, 1.54) is 19.4 Å². The first-order valence-corrected chi connectivity index (χ1v) is 12.3. The number of carboxylic acid groups (broad SMARTS) is 2. The van der Waals surface area contributed by atoms with Gasteiger partial charge in [-0.25, -0.2) is 9.78 Å². The number of hydrogen-bond donors (Lipinski definition) is 9. The molecule has 15 heteroatoms. The maximum absolute atomic E-state index is 13.4. The SMILES string of the molecule is CC(O)C(NC(=O)C(N)CC(=O)O)C(=O)NC(Cc1c[nH]c2ccccc12)C(=O)NC(Cc1cnc[nH]1)C(=O)O. The summed E-state index contributed by atoms with van der Waals surface area (Å²) in [5.41, 5.74) is 7.43. The lowest BCUT2D eigenvalue weighted by Gasteiger charge is -2.26. The fourth-order valence-electron chi connectivity index (χ4n) is 4.03. The van der Waals surface area contributed by atoms with Gasteiger partial charge in [0.05, 0.1) is 24.9 Å². The van der Waals surface area contributed by atoms with Crippen molar-refractivity contribution in [3.63, 3.8) is 0 Å². The van der Waals surface area contributed by atoms with Crippen LogP contribution in [0.25, 0.3) is 10.9 Å². The highest BCUT2D eigenvalue weighted by atomic mass is 16.4. The van der Waals surface area contributed by atoms with Gasteiger partial charge in [-0.05, 0) is 18.6 Å². The van der Waals surface area contributed by atoms with Crippen LogP contribution in [0.5, 0.6) is 0 Å². The number of rotatable bonds is 14. The van der Waals surface area contributed by atoms with Crippen molar-refractivity contribution in [1.82, 2.24) is 30.9 Å². The molecule has 214 valence electrons. The number of aliphatic hydroxyl groups excluding tert-OH is 1. The van der Waals surface area contributed by atoms with E-state index >= 15 is 0 Å². The highest BCUT2D eigenvalue weighted by Gasteiger charge is 2.33. The van der Waals surface area contributed by atoms with E-state index in [4.69, 9.17) is 10.8 Å². The van der Waals surface area contributed by atoms with Crippen molar-refractivity contribution >= 4 is 40.6 Å². The van der Waals surface area contributed by atoms with Crippen LogP contribution in [0.15, 0.2) is 43.0 Å². The summed E-state index contributed by atoms with van der Waals surface area (Å²) in [5, 5.41) is 36.6. The molecule has 10 N–H and O–H groups in total. The molecule has 1 aromatic carbocycles. The molecule has 0 saturated carbocycles. The zero-order chi connectivity index (χ0) is 29.4. The molecule has 2 heterocycles. The Morgan fingerprint density at radius 2 is 1.65 bits per heavy atom. The number of amides is 3.